The van der Waals surface area contributed by atoms with Crippen LogP contribution in [0, 0.1) is 0 Å². The van der Waals surface area contributed by atoms with Crippen LogP contribution in [0.1, 0.15) is 13.8 Å². The van der Waals surface area contributed by atoms with Crippen LogP contribution in [0.5, 0.6) is 0 Å². The third kappa shape index (κ3) is 3.71. The molecular formula is C12H16OS. The highest BCUT2D eigenvalue weighted by Gasteiger charge is 2.05. The van der Waals surface area contributed by atoms with Gasteiger partial charge in [0.25, 0.3) is 0 Å². The Morgan fingerprint density at radius 3 is 2.21 bits per heavy atom. The molecular weight excluding hydrogens is 192 g/mol. The second-order valence-corrected chi connectivity index (χ2v) is 3.95. The lowest BCUT2D eigenvalue weighted by Gasteiger charge is -2.02. The van der Waals surface area contributed by atoms with Gasteiger partial charge in [-0.15, -0.1) is 0 Å². The minimum atomic E-state index is -1.15. The van der Waals surface area contributed by atoms with Crippen LogP contribution in [0.4, 0.5) is 0 Å². The molecule has 0 aliphatic carbocycles. The molecule has 0 aromatic rings. The van der Waals surface area contributed by atoms with Crippen molar-refractivity contribution in [1.29, 1.82) is 0 Å². The van der Waals surface area contributed by atoms with Crippen LogP contribution in [0.25, 0.3) is 0 Å². The molecule has 1 nitrogen and oxygen atoms in total. The summed E-state index contributed by atoms with van der Waals surface area (Å²) in [6.45, 7) is 10.9. The maximum absolute atomic E-state index is 11.9. The molecule has 0 heterocycles. The van der Waals surface area contributed by atoms with Crippen LogP contribution < -0.4 is 0 Å². The molecule has 1 atom stereocenters. The van der Waals surface area contributed by atoms with E-state index >= 15 is 0 Å². The van der Waals surface area contributed by atoms with Crippen molar-refractivity contribution in [1.82, 2.24) is 0 Å². The van der Waals surface area contributed by atoms with Gasteiger partial charge in [0.2, 0.25) is 0 Å². The summed E-state index contributed by atoms with van der Waals surface area (Å²) in [6, 6.07) is 0. The van der Waals surface area contributed by atoms with Crippen LogP contribution in [-0.4, -0.2) is 4.21 Å². The maximum Gasteiger partial charge on any atom is 0.0845 e. The number of hydrogen-bond acceptors (Lipinski definition) is 1. The topological polar surface area (TPSA) is 17.1 Å². The van der Waals surface area contributed by atoms with E-state index in [4.69, 9.17) is 0 Å². The fourth-order valence-corrected chi connectivity index (χ4v) is 2.00. The molecule has 0 saturated carbocycles. The summed E-state index contributed by atoms with van der Waals surface area (Å²) in [5.74, 6) is 0. The number of rotatable bonds is 5. The van der Waals surface area contributed by atoms with E-state index in [1.807, 2.05) is 32.1 Å². The second-order valence-electron chi connectivity index (χ2n) is 2.47. The lowest BCUT2D eigenvalue weighted by atomic mass is 10.4. The lowest BCUT2D eigenvalue weighted by molar-refractivity contribution is 0.691. The first-order chi connectivity index (χ1) is 6.71. The predicted octanol–water partition coefficient (Wildman–Crippen LogP) is 3.47. The van der Waals surface area contributed by atoms with Gasteiger partial charge in [-0.1, -0.05) is 43.5 Å². The van der Waals surface area contributed by atoms with Gasteiger partial charge in [0.15, 0.2) is 0 Å². The Hall–Kier alpha value is -1.15. The smallest absolute Gasteiger partial charge is 0.0845 e. The monoisotopic (exact) mass is 208 g/mol. The molecule has 0 N–H and O–H groups in total. The number of hydrogen-bond donors (Lipinski definition) is 0. The van der Waals surface area contributed by atoms with Crippen molar-refractivity contribution in [3.05, 3.63) is 59.4 Å². The zero-order valence-electron chi connectivity index (χ0n) is 8.69. The first-order valence-corrected chi connectivity index (χ1v) is 5.52. The lowest BCUT2D eigenvalue weighted by Crippen LogP contribution is -1.94. The van der Waals surface area contributed by atoms with E-state index in [-0.39, 0.29) is 0 Å². The Kier molecular flexibility index (Phi) is 6.68. The van der Waals surface area contributed by atoms with Gasteiger partial charge in [0, 0.05) is 9.81 Å². The molecule has 0 aromatic carbocycles. The molecule has 0 aromatic heterocycles. The maximum atomic E-state index is 11.9. The van der Waals surface area contributed by atoms with E-state index in [0.717, 1.165) is 4.91 Å². The number of allylic oxidation sites excluding steroid dienone is 6. The quantitative estimate of drug-likeness (QED) is 0.632. The highest BCUT2D eigenvalue weighted by molar-refractivity contribution is 7.93. The molecule has 0 saturated heterocycles. The summed E-state index contributed by atoms with van der Waals surface area (Å²) in [5.41, 5.74) is 0. The first kappa shape index (κ1) is 12.8. The molecule has 0 aliphatic rings. The van der Waals surface area contributed by atoms with Gasteiger partial charge >= 0.3 is 0 Å². The average molecular weight is 208 g/mol. The van der Waals surface area contributed by atoms with Crippen molar-refractivity contribution < 1.29 is 4.21 Å². The highest BCUT2D eigenvalue weighted by Crippen LogP contribution is 2.14. The van der Waals surface area contributed by atoms with Crippen molar-refractivity contribution >= 4 is 10.8 Å². The molecule has 1 unspecified atom stereocenters. The van der Waals surface area contributed by atoms with Gasteiger partial charge in [0.1, 0.15) is 0 Å². The standard InChI is InChI=1S/C12H16OS/c1-5-9-11(7-3)14(13)12(8-4)10-6-2/h5-10H,1,3H2,2,4H3/b10-6-,11-9+,12-8+. The summed E-state index contributed by atoms with van der Waals surface area (Å²) in [7, 11) is -1.15. The van der Waals surface area contributed by atoms with Crippen LogP contribution in [0.3, 0.4) is 0 Å². The van der Waals surface area contributed by atoms with Crippen LogP contribution in [0.2, 0.25) is 0 Å². The van der Waals surface area contributed by atoms with Gasteiger partial charge < -0.3 is 0 Å². The van der Waals surface area contributed by atoms with Gasteiger partial charge in [-0.25, -0.2) is 4.21 Å². The molecule has 0 fully saturated rings. The zero-order chi connectivity index (χ0) is 11.0. The Labute approximate surface area is 88.7 Å². The highest BCUT2D eigenvalue weighted by atomic mass is 32.2. The minimum Gasteiger partial charge on any atom is -0.249 e. The Morgan fingerprint density at radius 1 is 1.21 bits per heavy atom. The Bertz CT molecular complexity index is 319. The summed E-state index contributed by atoms with van der Waals surface area (Å²) in [5, 5.41) is 0. The summed E-state index contributed by atoms with van der Waals surface area (Å²) in [6.07, 6.45) is 10.4. The zero-order valence-corrected chi connectivity index (χ0v) is 9.51. The molecule has 0 bridgehead atoms. The largest absolute Gasteiger partial charge is 0.249 e. The predicted molar refractivity (Wildman–Crippen MR) is 65.2 cm³/mol. The third-order valence-electron chi connectivity index (χ3n) is 1.53. The SMILES string of the molecule is C=C/C=C(\C=C)S(=O)C(/C=C\C)=C/C. The van der Waals surface area contributed by atoms with E-state index in [1.54, 1.807) is 18.2 Å². The van der Waals surface area contributed by atoms with Gasteiger partial charge in [0.05, 0.1) is 10.8 Å². The molecule has 0 spiro atoms. The summed E-state index contributed by atoms with van der Waals surface area (Å²) < 4.78 is 11.9. The van der Waals surface area contributed by atoms with E-state index in [9.17, 15) is 4.21 Å². The van der Waals surface area contributed by atoms with Crippen LogP contribution in [-0.2, 0) is 10.8 Å². The van der Waals surface area contributed by atoms with Crippen molar-refractivity contribution in [3.63, 3.8) is 0 Å². The van der Waals surface area contributed by atoms with Crippen molar-refractivity contribution in [2.24, 2.45) is 0 Å². The molecule has 14 heavy (non-hydrogen) atoms. The fraction of sp³-hybridized carbons (Fsp3) is 0.167. The molecule has 0 radical (unpaired) electrons. The van der Waals surface area contributed by atoms with E-state index in [0.29, 0.717) is 4.91 Å². The molecule has 0 rings (SSSR count). The minimum absolute atomic E-state index is 0.672. The Morgan fingerprint density at radius 2 is 1.86 bits per heavy atom. The van der Waals surface area contributed by atoms with Crippen LogP contribution >= 0.6 is 0 Å². The van der Waals surface area contributed by atoms with Crippen molar-refractivity contribution in [2.75, 3.05) is 0 Å². The van der Waals surface area contributed by atoms with E-state index in [2.05, 4.69) is 13.2 Å². The Balaban J connectivity index is 5.00. The first-order valence-electron chi connectivity index (χ1n) is 4.37. The normalized spacial score (nSPS) is 15.6. The molecule has 0 aliphatic heterocycles. The van der Waals surface area contributed by atoms with Gasteiger partial charge in [-0.05, 0) is 19.9 Å². The molecule has 76 valence electrons. The van der Waals surface area contributed by atoms with Gasteiger partial charge in [-0.3, -0.25) is 0 Å². The van der Waals surface area contributed by atoms with E-state index < -0.39 is 10.8 Å². The summed E-state index contributed by atoms with van der Waals surface area (Å²) >= 11 is 0. The second kappa shape index (κ2) is 7.27. The van der Waals surface area contributed by atoms with E-state index in [1.165, 1.54) is 0 Å². The fourth-order valence-electron chi connectivity index (χ4n) is 0.887. The molecule has 0 amide bonds. The average Bonchev–Trinajstić information content (AvgIpc) is 2.21. The van der Waals surface area contributed by atoms with Crippen molar-refractivity contribution in [3.8, 4) is 0 Å². The van der Waals surface area contributed by atoms with Crippen LogP contribution in [0.15, 0.2) is 59.4 Å². The third-order valence-corrected chi connectivity index (χ3v) is 3.06. The van der Waals surface area contributed by atoms with Crippen molar-refractivity contribution in [2.45, 2.75) is 13.8 Å². The molecule has 2 heteroatoms. The van der Waals surface area contributed by atoms with Gasteiger partial charge in [-0.2, -0.15) is 0 Å². The summed E-state index contributed by atoms with van der Waals surface area (Å²) in [4.78, 5) is 1.45.